The third-order valence-corrected chi connectivity index (χ3v) is 2.88. The first-order valence-corrected chi connectivity index (χ1v) is 6.05. The second-order valence-electron chi connectivity index (χ2n) is 4.23. The van der Waals surface area contributed by atoms with Crippen molar-refractivity contribution in [1.29, 1.82) is 0 Å². The molecule has 0 N–H and O–H groups in total. The highest BCUT2D eigenvalue weighted by Gasteiger charge is 2.07. The topological polar surface area (TPSA) is 39.8 Å². The van der Waals surface area contributed by atoms with Crippen LogP contribution >= 0.6 is 0 Å². The molecule has 1 aromatic heterocycles. The summed E-state index contributed by atoms with van der Waals surface area (Å²) in [7, 11) is 0. The highest BCUT2D eigenvalue weighted by atomic mass is 16.5. The van der Waals surface area contributed by atoms with Gasteiger partial charge in [0.15, 0.2) is 5.52 Å². The van der Waals surface area contributed by atoms with E-state index >= 15 is 0 Å². The van der Waals surface area contributed by atoms with Gasteiger partial charge in [-0.2, -0.15) is 0 Å². The first-order chi connectivity index (χ1) is 9.33. The number of nitrogens with zero attached hydrogens (tertiary/aromatic N) is 2. The molecule has 0 saturated carbocycles. The minimum absolute atomic E-state index is 0.391. The van der Waals surface area contributed by atoms with Crippen molar-refractivity contribution in [3.63, 3.8) is 0 Å². The molecule has 0 radical (unpaired) electrons. The average molecular weight is 248 g/mol. The number of aromatic nitrogens is 2. The summed E-state index contributed by atoms with van der Waals surface area (Å²) in [6.07, 6.45) is 5.16. The maximum absolute atomic E-state index is 11.9. The zero-order chi connectivity index (χ0) is 13.1. The molecule has 0 bridgehead atoms. The Bertz CT molecular complexity index is 736. The Kier molecular flexibility index (Phi) is 2.94. The van der Waals surface area contributed by atoms with Crippen molar-refractivity contribution in [2.75, 3.05) is 0 Å². The molecule has 3 heteroatoms. The summed E-state index contributed by atoms with van der Waals surface area (Å²) in [5, 5.41) is 12.7. The van der Waals surface area contributed by atoms with Crippen LogP contribution in [-0.2, 0) is 0 Å². The van der Waals surface area contributed by atoms with Crippen LogP contribution < -0.4 is 4.73 Å². The van der Waals surface area contributed by atoms with Gasteiger partial charge in [-0.05, 0) is 28.8 Å². The molecule has 0 aliphatic rings. The minimum atomic E-state index is 0.391. The number of hydrogen-bond acceptors (Lipinski definition) is 2. The van der Waals surface area contributed by atoms with Gasteiger partial charge in [-0.1, -0.05) is 42.5 Å². The van der Waals surface area contributed by atoms with Crippen molar-refractivity contribution >= 4 is 23.1 Å². The normalized spacial score (nSPS) is 11.2. The molecule has 92 valence electrons. The van der Waals surface area contributed by atoms with Crippen LogP contribution in [0.4, 0.5) is 0 Å². The zero-order valence-electron chi connectivity index (χ0n) is 10.2. The summed E-state index contributed by atoms with van der Waals surface area (Å²) in [6.45, 7) is 0. The highest BCUT2D eigenvalue weighted by molar-refractivity contribution is 5.78. The molecule has 2 aromatic carbocycles. The summed E-state index contributed by atoms with van der Waals surface area (Å²) in [5.74, 6) is 0.391. The molecule has 19 heavy (non-hydrogen) atoms. The van der Waals surface area contributed by atoms with E-state index in [-0.39, 0.29) is 0 Å². The third-order valence-electron chi connectivity index (χ3n) is 2.88. The Morgan fingerprint density at radius 2 is 1.63 bits per heavy atom. The summed E-state index contributed by atoms with van der Waals surface area (Å²) >= 11 is 0. The van der Waals surface area contributed by atoms with Crippen LogP contribution in [0.3, 0.4) is 0 Å². The SMILES string of the molecule is [O-][n+]1cc2ccccc2nc1/C=C/c1ccccc1. The van der Waals surface area contributed by atoms with Gasteiger partial charge in [0.2, 0.25) is 0 Å². The van der Waals surface area contributed by atoms with Crippen molar-refractivity contribution in [3.05, 3.63) is 77.4 Å². The van der Waals surface area contributed by atoms with Crippen molar-refractivity contribution < 1.29 is 4.73 Å². The Labute approximate surface area is 111 Å². The van der Waals surface area contributed by atoms with Gasteiger partial charge in [-0.3, -0.25) is 0 Å². The average Bonchev–Trinajstić information content (AvgIpc) is 2.46. The number of rotatable bonds is 2. The van der Waals surface area contributed by atoms with Crippen LogP contribution in [0.2, 0.25) is 0 Å². The van der Waals surface area contributed by atoms with Crippen LogP contribution in [0, 0.1) is 5.21 Å². The van der Waals surface area contributed by atoms with Gasteiger partial charge in [0, 0.05) is 6.08 Å². The molecule has 0 fully saturated rings. The smallest absolute Gasteiger partial charge is 0.326 e. The molecule has 0 spiro atoms. The Morgan fingerprint density at radius 3 is 2.47 bits per heavy atom. The lowest BCUT2D eigenvalue weighted by Crippen LogP contribution is -2.30. The van der Waals surface area contributed by atoms with E-state index in [1.54, 1.807) is 12.3 Å². The van der Waals surface area contributed by atoms with E-state index in [0.29, 0.717) is 5.82 Å². The first-order valence-electron chi connectivity index (χ1n) is 6.05. The highest BCUT2D eigenvalue weighted by Crippen LogP contribution is 2.10. The van der Waals surface area contributed by atoms with Crippen LogP contribution in [0.5, 0.6) is 0 Å². The van der Waals surface area contributed by atoms with Gasteiger partial charge in [0.05, 0.1) is 5.39 Å². The lowest BCUT2D eigenvalue weighted by Gasteiger charge is -2.03. The Balaban J connectivity index is 2.01. The molecule has 0 aliphatic carbocycles. The molecule has 3 rings (SSSR count). The van der Waals surface area contributed by atoms with Crippen molar-refractivity contribution in [2.45, 2.75) is 0 Å². The maximum atomic E-state index is 11.9. The van der Waals surface area contributed by atoms with Gasteiger partial charge in [0.1, 0.15) is 6.20 Å². The van der Waals surface area contributed by atoms with E-state index in [0.717, 1.165) is 21.2 Å². The van der Waals surface area contributed by atoms with Gasteiger partial charge in [0.25, 0.3) is 0 Å². The number of benzene rings is 2. The standard InChI is InChI=1S/C16H12N2O/c19-18-12-14-8-4-5-9-15(14)17-16(18)11-10-13-6-2-1-3-7-13/h1-12H/b11-10+. The van der Waals surface area contributed by atoms with Gasteiger partial charge < -0.3 is 5.21 Å². The quantitative estimate of drug-likeness (QED) is 0.516. The zero-order valence-corrected chi connectivity index (χ0v) is 10.2. The lowest BCUT2D eigenvalue weighted by atomic mass is 10.2. The molecule has 0 unspecified atom stereocenters. The van der Waals surface area contributed by atoms with E-state index in [9.17, 15) is 5.21 Å². The van der Waals surface area contributed by atoms with E-state index in [1.165, 1.54) is 0 Å². The van der Waals surface area contributed by atoms with Crippen molar-refractivity contribution in [3.8, 4) is 0 Å². The molecule has 1 heterocycles. The van der Waals surface area contributed by atoms with Crippen LogP contribution in [0.25, 0.3) is 23.1 Å². The summed E-state index contributed by atoms with van der Waals surface area (Å²) in [5.41, 5.74) is 1.86. The molecule has 0 aliphatic heterocycles. The predicted molar refractivity (Wildman–Crippen MR) is 76.1 cm³/mol. The molecule has 0 saturated heterocycles. The van der Waals surface area contributed by atoms with Gasteiger partial charge in [-0.15, -0.1) is 0 Å². The molecule has 3 nitrogen and oxygen atoms in total. The fourth-order valence-corrected chi connectivity index (χ4v) is 1.91. The lowest BCUT2D eigenvalue weighted by molar-refractivity contribution is -0.609. The molecule has 3 aromatic rings. The second-order valence-corrected chi connectivity index (χ2v) is 4.23. The number of para-hydroxylation sites is 1. The monoisotopic (exact) mass is 248 g/mol. The first kappa shape index (κ1) is 11.4. The fraction of sp³-hybridized carbons (Fsp3) is 0. The van der Waals surface area contributed by atoms with Crippen LogP contribution in [0.15, 0.2) is 60.8 Å². The molecule has 0 amide bonds. The van der Waals surface area contributed by atoms with E-state index in [4.69, 9.17) is 0 Å². The van der Waals surface area contributed by atoms with Crippen LogP contribution in [-0.4, -0.2) is 4.98 Å². The number of hydrogen-bond donors (Lipinski definition) is 0. The van der Waals surface area contributed by atoms with Crippen molar-refractivity contribution in [1.82, 2.24) is 4.98 Å². The molecular weight excluding hydrogens is 236 g/mol. The number of fused-ring (bicyclic) bond motifs is 1. The Hall–Kier alpha value is -2.68. The van der Waals surface area contributed by atoms with Crippen LogP contribution in [0.1, 0.15) is 11.4 Å². The van der Waals surface area contributed by atoms with Gasteiger partial charge in [-0.25, -0.2) is 4.73 Å². The third kappa shape index (κ3) is 2.45. The minimum Gasteiger partial charge on any atom is -0.710 e. The summed E-state index contributed by atoms with van der Waals surface area (Å²) in [6, 6.07) is 17.4. The summed E-state index contributed by atoms with van der Waals surface area (Å²) in [4.78, 5) is 4.35. The van der Waals surface area contributed by atoms with E-state index < -0.39 is 0 Å². The van der Waals surface area contributed by atoms with Gasteiger partial charge >= 0.3 is 5.82 Å². The fourth-order valence-electron chi connectivity index (χ4n) is 1.91. The predicted octanol–water partition coefficient (Wildman–Crippen LogP) is 3.04. The van der Waals surface area contributed by atoms with E-state index in [2.05, 4.69) is 4.98 Å². The molecular formula is C16H12N2O. The second kappa shape index (κ2) is 4.90. The summed E-state index contributed by atoms with van der Waals surface area (Å²) < 4.78 is 0.793. The van der Waals surface area contributed by atoms with Crippen molar-refractivity contribution in [2.24, 2.45) is 0 Å². The maximum Gasteiger partial charge on any atom is 0.326 e. The largest absolute Gasteiger partial charge is 0.710 e. The van der Waals surface area contributed by atoms with E-state index in [1.807, 2.05) is 60.7 Å². The molecule has 0 atom stereocenters. The Morgan fingerprint density at radius 1 is 0.895 bits per heavy atom.